The maximum Gasteiger partial charge on any atom is 0.389 e. The molecule has 10 heteroatoms. The molecule has 0 rings (SSSR count). The van der Waals surface area contributed by atoms with Crippen molar-refractivity contribution in [1.29, 1.82) is 0 Å². The molecule has 24 heavy (non-hydrogen) atoms. The van der Waals surface area contributed by atoms with E-state index >= 15 is 0 Å². The first-order valence-electron chi connectivity index (χ1n) is 8.52. The van der Waals surface area contributed by atoms with Crippen LogP contribution in [0, 0.1) is 0 Å². The van der Waals surface area contributed by atoms with E-state index in [0.717, 1.165) is 37.2 Å². The normalized spacial score (nSPS) is 12.7. The molecule has 0 aromatic carbocycles. The maximum absolute atomic E-state index is 12.2. The predicted octanol–water partition coefficient (Wildman–Crippen LogP) is 6.38. The molecule has 0 N–H and O–H groups in total. The lowest BCUT2D eigenvalue weighted by Gasteiger charge is -2.16. The molecule has 0 aromatic heterocycles. The van der Waals surface area contributed by atoms with Gasteiger partial charge in [-0.2, -0.15) is 0 Å². The second-order valence-corrected chi connectivity index (χ2v) is 13.0. The fourth-order valence-electron chi connectivity index (χ4n) is 1.77. The van der Waals surface area contributed by atoms with E-state index in [9.17, 15) is 9.13 Å². The molecule has 0 spiro atoms. The van der Waals surface area contributed by atoms with Crippen LogP contribution in [0.5, 0.6) is 0 Å². The Balaban J connectivity index is 3.79. The third kappa shape index (κ3) is 12.4. The van der Waals surface area contributed by atoms with Crippen LogP contribution < -0.4 is 0 Å². The second-order valence-electron chi connectivity index (χ2n) is 4.65. The molecule has 0 radical (unpaired) electrons. The monoisotopic (exact) mass is 422 g/mol. The highest BCUT2D eigenvalue weighted by atomic mass is 32.7. The smallest absolute Gasteiger partial charge is 0.301 e. The molecule has 0 aliphatic carbocycles. The molecule has 0 aliphatic rings. The quantitative estimate of drug-likeness (QED) is 0.198. The van der Waals surface area contributed by atoms with Crippen molar-refractivity contribution in [2.45, 2.75) is 53.4 Å². The Labute approximate surface area is 155 Å². The topological polar surface area (TPSA) is 71.1 Å². The van der Waals surface area contributed by atoms with Crippen molar-refractivity contribution >= 4 is 36.4 Å². The molecule has 0 bridgehead atoms. The van der Waals surface area contributed by atoms with Gasteiger partial charge in [0.25, 0.3) is 0 Å². The van der Waals surface area contributed by atoms with Crippen molar-refractivity contribution in [3.05, 3.63) is 0 Å². The van der Waals surface area contributed by atoms with Gasteiger partial charge in [0.15, 0.2) is 0 Å². The Kier molecular flexibility index (Phi) is 15.7. The first kappa shape index (κ1) is 25.0. The maximum atomic E-state index is 12.2. The summed E-state index contributed by atoms with van der Waals surface area (Å²) >= 11 is 2.55. The van der Waals surface area contributed by atoms with Crippen LogP contribution in [-0.2, 0) is 27.2 Å². The number of unbranched alkanes of at least 4 members (excludes halogenated alkanes) is 3. The zero-order chi connectivity index (χ0) is 18.3. The van der Waals surface area contributed by atoms with Gasteiger partial charge in [0.2, 0.25) is 0 Å². The summed E-state index contributed by atoms with van der Waals surface area (Å²) in [7, 11) is 0. The highest BCUT2D eigenvalue weighted by Crippen LogP contribution is 2.61. The first-order chi connectivity index (χ1) is 11.4. The van der Waals surface area contributed by atoms with Crippen LogP contribution in [0.15, 0.2) is 0 Å². The van der Waals surface area contributed by atoms with Crippen LogP contribution in [0.25, 0.3) is 0 Å². The van der Waals surface area contributed by atoms with Crippen LogP contribution in [0.3, 0.4) is 0 Å². The van der Waals surface area contributed by atoms with E-state index in [1.54, 1.807) is 0 Å². The molecule has 0 saturated carbocycles. The van der Waals surface area contributed by atoms with Crippen molar-refractivity contribution in [3.8, 4) is 0 Å². The Morgan fingerprint density at radius 2 is 0.875 bits per heavy atom. The van der Waals surface area contributed by atoms with Gasteiger partial charge in [0, 0.05) is 11.5 Å². The Hall–Kier alpha value is 1.00. The summed E-state index contributed by atoms with van der Waals surface area (Å²) < 4.78 is 45.4. The minimum Gasteiger partial charge on any atom is -0.301 e. The molecule has 0 aromatic rings. The summed E-state index contributed by atoms with van der Waals surface area (Å²) in [4.78, 5) is 0. The summed E-state index contributed by atoms with van der Waals surface area (Å²) in [6.07, 6.45) is 3.96. The summed E-state index contributed by atoms with van der Waals surface area (Å²) in [6.45, 7) is 2.86. The van der Waals surface area contributed by atoms with Gasteiger partial charge in [0.05, 0.1) is 26.4 Å². The number of rotatable bonds is 17. The minimum absolute atomic E-state index is 0.390. The molecule has 0 amide bonds. The van der Waals surface area contributed by atoms with Crippen molar-refractivity contribution in [3.63, 3.8) is 0 Å². The fourth-order valence-corrected chi connectivity index (χ4v) is 8.87. The zero-order valence-electron chi connectivity index (χ0n) is 15.2. The Morgan fingerprint density at radius 3 is 1.12 bits per heavy atom. The molecule has 146 valence electrons. The van der Waals surface area contributed by atoms with Crippen molar-refractivity contribution in [2.24, 2.45) is 0 Å². The highest BCUT2D eigenvalue weighted by Gasteiger charge is 2.24. The van der Waals surface area contributed by atoms with E-state index in [0.29, 0.717) is 26.4 Å². The zero-order valence-corrected chi connectivity index (χ0v) is 18.7. The van der Waals surface area contributed by atoms with Crippen molar-refractivity contribution in [2.75, 3.05) is 37.9 Å². The second kappa shape index (κ2) is 15.1. The summed E-state index contributed by atoms with van der Waals surface area (Å²) in [5.74, 6) is 1.50. The van der Waals surface area contributed by atoms with Crippen molar-refractivity contribution in [1.82, 2.24) is 0 Å². The van der Waals surface area contributed by atoms with E-state index in [-0.39, 0.29) is 0 Å². The van der Waals surface area contributed by atoms with Gasteiger partial charge in [-0.1, -0.05) is 12.8 Å². The van der Waals surface area contributed by atoms with Crippen LogP contribution >= 0.6 is 36.4 Å². The standard InChI is InChI=1S/C14H32O6P2S2/c1-5-17-21(15,18-6-2)23-13-11-9-10-12-14-24-22(16,19-7-3)20-8-4/h5-14H2,1-4H3. The third-order valence-electron chi connectivity index (χ3n) is 2.69. The van der Waals surface area contributed by atoms with Gasteiger partial charge in [-0.25, -0.2) is 9.13 Å². The van der Waals surface area contributed by atoms with E-state index in [1.807, 2.05) is 27.7 Å². The van der Waals surface area contributed by atoms with Gasteiger partial charge >= 0.3 is 13.6 Å². The van der Waals surface area contributed by atoms with Crippen molar-refractivity contribution < 1.29 is 27.2 Å². The highest BCUT2D eigenvalue weighted by molar-refractivity contribution is 8.55. The lowest BCUT2D eigenvalue weighted by Crippen LogP contribution is -1.94. The molecule has 0 fully saturated rings. The van der Waals surface area contributed by atoms with Crippen LogP contribution in [0.1, 0.15) is 53.4 Å². The van der Waals surface area contributed by atoms with Crippen LogP contribution in [0.4, 0.5) is 0 Å². The number of hydrogen-bond acceptors (Lipinski definition) is 8. The average molecular weight is 422 g/mol. The Morgan fingerprint density at radius 1 is 0.583 bits per heavy atom. The largest absolute Gasteiger partial charge is 0.389 e. The minimum atomic E-state index is -2.98. The van der Waals surface area contributed by atoms with E-state index < -0.39 is 13.6 Å². The van der Waals surface area contributed by atoms with Gasteiger partial charge < -0.3 is 18.1 Å². The summed E-state index contributed by atoms with van der Waals surface area (Å²) in [5.41, 5.74) is 0. The van der Waals surface area contributed by atoms with Gasteiger partial charge in [0.1, 0.15) is 0 Å². The van der Waals surface area contributed by atoms with E-state index in [2.05, 4.69) is 0 Å². The first-order valence-corrected chi connectivity index (χ1v) is 14.8. The molecular formula is C14H32O6P2S2. The average Bonchev–Trinajstić information content (AvgIpc) is 2.51. The van der Waals surface area contributed by atoms with Gasteiger partial charge in [-0.05, 0) is 63.3 Å². The third-order valence-corrected chi connectivity index (χ3v) is 10.8. The van der Waals surface area contributed by atoms with E-state index in [4.69, 9.17) is 18.1 Å². The summed E-state index contributed by atoms with van der Waals surface area (Å²) in [6, 6.07) is 0. The molecular weight excluding hydrogens is 390 g/mol. The van der Waals surface area contributed by atoms with Gasteiger partial charge in [-0.15, -0.1) is 0 Å². The predicted molar refractivity (Wildman–Crippen MR) is 105 cm³/mol. The molecule has 0 atom stereocenters. The lowest BCUT2D eigenvalue weighted by molar-refractivity contribution is 0.236. The Bertz CT molecular complexity index is 341. The van der Waals surface area contributed by atoms with Crippen LogP contribution in [0.2, 0.25) is 0 Å². The summed E-state index contributed by atoms with van der Waals surface area (Å²) in [5, 5.41) is 0. The number of hydrogen-bond donors (Lipinski definition) is 0. The van der Waals surface area contributed by atoms with Gasteiger partial charge in [-0.3, -0.25) is 0 Å². The van der Waals surface area contributed by atoms with E-state index in [1.165, 1.54) is 22.8 Å². The van der Waals surface area contributed by atoms with Crippen LogP contribution in [-0.4, -0.2) is 37.9 Å². The lowest BCUT2D eigenvalue weighted by atomic mass is 10.2. The fraction of sp³-hybridized carbons (Fsp3) is 1.00. The molecule has 0 unspecified atom stereocenters. The molecule has 6 nitrogen and oxygen atoms in total. The SMILES string of the molecule is CCOP(=O)(OCC)SCCCCCCSP(=O)(OCC)OCC. The molecule has 0 saturated heterocycles. The molecule has 0 aliphatic heterocycles. The molecule has 0 heterocycles.